The van der Waals surface area contributed by atoms with Crippen molar-refractivity contribution in [2.75, 3.05) is 4.90 Å². The van der Waals surface area contributed by atoms with E-state index < -0.39 is 17.7 Å². The Balaban J connectivity index is 1.29. The predicted octanol–water partition coefficient (Wildman–Crippen LogP) is 8.65. The molecule has 0 saturated carbocycles. The molecule has 1 aliphatic heterocycles. The number of rotatable bonds is 9. The molecule has 1 amide bonds. The monoisotopic (exact) mass is 673 g/mol. The summed E-state index contributed by atoms with van der Waals surface area (Å²) in [5, 5.41) is 21.3. The number of thioether (sulfide) groups is 1. The minimum atomic E-state index is -0.969. The van der Waals surface area contributed by atoms with Crippen molar-refractivity contribution in [2.45, 2.75) is 29.7 Å². The van der Waals surface area contributed by atoms with Crippen molar-refractivity contribution in [2.24, 2.45) is 0 Å². The number of hydrogen-bond acceptors (Lipinski definition) is 8. The number of aliphatic hydroxyl groups excluding tert-OH is 1. The Kier molecular flexibility index (Phi) is 9.23. The van der Waals surface area contributed by atoms with Crippen LogP contribution in [0.3, 0.4) is 0 Å². The quantitative estimate of drug-likeness (QED) is 0.0550. The number of carbonyl (C=O) groups is 2. The second-order valence-corrected chi connectivity index (χ2v) is 13.3. The summed E-state index contributed by atoms with van der Waals surface area (Å²) in [6.07, 6.45) is 0. The first-order valence-corrected chi connectivity index (χ1v) is 16.4. The van der Waals surface area contributed by atoms with Crippen LogP contribution < -0.4 is 9.64 Å². The van der Waals surface area contributed by atoms with E-state index >= 15 is 0 Å². The van der Waals surface area contributed by atoms with Crippen molar-refractivity contribution < 1.29 is 19.4 Å². The van der Waals surface area contributed by atoms with Crippen molar-refractivity contribution in [1.82, 2.24) is 10.2 Å². The maximum absolute atomic E-state index is 13.5. The van der Waals surface area contributed by atoms with Gasteiger partial charge in [0.1, 0.15) is 18.1 Å². The molecular weight excluding hydrogens is 649 g/mol. The van der Waals surface area contributed by atoms with Gasteiger partial charge in [-0.3, -0.25) is 14.5 Å². The molecule has 0 spiro atoms. The fourth-order valence-corrected chi connectivity index (χ4v) is 7.09. The van der Waals surface area contributed by atoms with Gasteiger partial charge < -0.3 is 9.84 Å². The van der Waals surface area contributed by atoms with E-state index in [0.717, 1.165) is 16.7 Å². The van der Waals surface area contributed by atoms with E-state index in [2.05, 4.69) is 10.2 Å². The average molecular weight is 675 g/mol. The summed E-state index contributed by atoms with van der Waals surface area (Å²) in [7, 11) is 0. The summed E-state index contributed by atoms with van der Waals surface area (Å²) in [4.78, 5) is 28.4. The van der Waals surface area contributed by atoms with Gasteiger partial charge in [0.2, 0.25) is 5.13 Å². The lowest BCUT2D eigenvalue weighted by atomic mass is 9.95. The Hall–Kier alpha value is -4.15. The van der Waals surface area contributed by atoms with Crippen LogP contribution in [0.2, 0.25) is 10.0 Å². The van der Waals surface area contributed by atoms with Gasteiger partial charge in [0.15, 0.2) is 4.34 Å². The number of aromatic nitrogens is 2. The third-order valence-electron chi connectivity index (χ3n) is 7.10. The van der Waals surface area contributed by atoms with E-state index in [4.69, 9.17) is 27.9 Å². The number of carbonyl (C=O) groups excluding carboxylic acids is 2. The second kappa shape index (κ2) is 13.5. The number of benzene rings is 4. The smallest absolute Gasteiger partial charge is 0.301 e. The Labute approximate surface area is 278 Å². The highest BCUT2D eigenvalue weighted by molar-refractivity contribution is 8.00. The summed E-state index contributed by atoms with van der Waals surface area (Å²) >= 11 is 15.0. The van der Waals surface area contributed by atoms with Gasteiger partial charge in [-0.25, -0.2) is 0 Å². The molecule has 5 aromatic rings. The van der Waals surface area contributed by atoms with E-state index in [0.29, 0.717) is 43.6 Å². The molecule has 6 rings (SSSR count). The molecule has 1 atom stereocenters. The summed E-state index contributed by atoms with van der Waals surface area (Å²) in [6.45, 7) is 2.40. The van der Waals surface area contributed by atoms with E-state index in [1.165, 1.54) is 28.0 Å². The molecule has 0 bridgehead atoms. The van der Waals surface area contributed by atoms with E-state index in [1.54, 1.807) is 48.5 Å². The maximum atomic E-state index is 13.5. The fourth-order valence-electron chi connectivity index (χ4n) is 4.94. The predicted molar refractivity (Wildman–Crippen MR) is 179 cm³/mol. The third kappa shape index (κ3) is 6.92. The molecule has 1 N–H and O–H groups in total. The van der Waals surface area contributed by atoms with Gasteiger partial charge in [0, 0.05) is 21.4 Å². The van der Waals surface area contributed by atoms with Crippen LogP contribution in [0.5, 0.6) is 5.75 Å². The van der Waals surface area contributed by atoms with Gasteiger partial charge in [-0.1, -0.05) is 100 Å². The van der Waals surface area contributed by atoms with Crippen LogP contribution in [-0.4, -0.2) is 27.0 Å². The van der Waals surface area contributed by atoms with E-state index in [1.807, 2.05) is 55.5 Å². The number of ketones is 1. The number of aliphatic hydroxyl groups is 1. The molecule has 45 heavy (non-hydrogen) atoms. The highest BCUT2D eigenvalue weighted by atomic mass is 35.5. The molecule has 4 aromatic carbocycles. The minimum absolute atomic E-state index is 0.0683. The molecule has 11 heteroatoms. The number of nitrogens with zero attached hydrogens (tertiary/aromatic N) is 3. The number of ether oxygens (including phenoxy) is 1. The van der Waals surface area contributed by atoms with Crippen LogP contribution in [0.25, 0.3) is 5.76 Å². The highest BCUT2D eigenvalue weighted by Crippen LogP contribution is 2.44. The summed E-state index contributed by atoms with van der Waals surface area (Å²) in [5.41, 5.74) is 4.06. The summed E-state index contributed by atoms with van der Waals surface area (Å²) in [5.74, 6) is -0.745. The lowest BCUT2D eigenvalue weighted by molar-refractivity contribution is -0.132. The highest BCUT2D eigenvalue weighted by Gasteiger charge is 2.48. The van der Waals surface area contributed by atoms with Crippen molar-refractivity contribution >= 4 is 68.9 Å². The molecule has 1 aromatic heterocycles. The molecule has 1 fully saturated rings. The van der Waals surface area contributed by atoms with E-state index in [9.17, 15) is 14.7 Å². The van der Waals surface area contributed by atoms with Gasteiger partial charge in [-0.15, -0.1) is 10.2 Å². The number of anilines is 1. The Morgan fingerprint density at radius 2 is 1.67 bits per heavy atom. The van der Waals surface area contributed by atoms with Crippen LogP contribution >= 0.6 is 46.3 Å². The molecule has 226 valence electrons. The zero-order valence-corrected chi connectivity index (χ0v) is 27.0. The Morgan fingerprint density at radius 1 is 0.911 bits per heavy atom. The van der Waals surface area contributed by atoms with Crippen molar-refractivity contribution in [1.29, 1.82) is 0 Å². The van der Waals surface area contributed by atoms with Gasteiger partial charge in [0.05, 0.1) is 11.6 Å². The Bertz CT molecular complexity index is 1910. The fraction of sp³-hybridized carbons (Fsp3) is 0.118. The third-order valence-corrected chi connectivity index (χ3v) is 9.72. The van der Waals surface area contributed by atoms with Gasteiger partial charge >= 0.3 is 5.91 Å². The maximum Gasteiger partial charge on any atom is 0.301 e. The minimum Gasteiger partial charge on any atom is -0.507 e. The first-order chi connectivity index (χ1) is 21.8. The summed E-state index contributed by atoms with van der Waals surface area (Å²) < 4.78 is 6.53. The van der Waals surface area contributed by atoms with Crippen LogP contribution in [0.4, 0.5) is 5.13 Å². The van der Waals surface area contributed by atoms with Crippen molar-refractivity contribution in [3.63, 3.8) is 0 Å². The number of hydrogen-bond donors (Lipinski definition) is 1. The number of halogens is 2. The normalized spacial score (nSPS) is 15.9. The number of aryl methyl sites for hydroxylation is 1. The SMILES string of the molecule is Cc1cccc(COc2ccc(/C(O)=C3\C(=O)C(=O)N(c4nnc(SCc5ccc(Cl)cc5)s4)C3c3cccc(Cl)c3)cc2)c1. The molecule has 2 heterocycles. The zero-order valence-electron chi connectivity index (χ0n) is 23.8. The molecular formula is C34H25Cl2N3O4S2. The lowest BCUT2D eigenvalue weighted by Crippen LogP contribution is -2.29. The lowest BCUT2D eigenvalue weighted by Gasteiger charge is -2.22. The van der Waals surface area contributed by atoms with Crippen LogP contribution in [0, 0.1) is 6.92 Å². The standard InChI is InChI=1S/C34H25Cl2N3O4S2/c1-20-4-2-5-22(16-20)18-43-27-14-10-23(11-15-27)30(40)28-29(24-6-3-7-26(36)17-24)39(32(42)31(28)41)33-37-38-34(45-33)44-19-21-8-12-25(35)13-9-21/h2-17,29,40H,18-19H2,1H3/b30-28+. The molecule has 0 radical (unpaired) electrons. The number of Topliss-reactive ketones (excluding diaryl/α,β-unsaturated/α-hetero) is 1. The summed E-state index contributed by atoms with van der Waals surface area (Å²) in [6, 6.07) is 28.1. The Morgan fingerprint density at radius 3 is 2.40 bits per heavy atom. The van der Waals surface area contributed by atoms with E-state index in [-0.39, 0.29) is 16.5 Å². The first kappa shape index (κ1) is 30.9. The molecule has 1 aliphatic rings. The van der Waals surface area contributed by atoms with Crippen LogP contribution in [0.15, 0.2) is 107 Å². The first-order valence-electron chi connectivity index (χ1n) is 13.8. The largest absolute Gasteiger partial charge is 0.507 e. The van der Waals surface area contributed by atoms with Crippen LogP contribution in [-0.2, 0) is 21.9 Å². The van der Waals surface area contributed by atoms with Crippen LogP contribution in [0.1, 0.15) is 33.9 Å². The number of amides is 1. The molecule has 7 nitrogen and oxygen atoms in total. The van der Waals surface area contributed by atoms with Gasteiger partial charge in [-0.2, -0.15) is 0 Å². The molecule has 1 unspecified atom stereocenters. The second-order valence-electron chi connectivity index (χ2n) is 10.3. The topological polar surface area (TPSA) is 92.6 Å². The molecule has 1 saturated heterocycles. The van der Waals surface area contributed by atoms with Gasteiger partial charge in [-0.05, 0) is 72.1 Å². The van der Waals surface area contributed by atoms with Gasteiger partial charge in [0.25, 0.3) is 5.78 Å². The molecule has 0 aliphatic carbocycles. The van der Waals surface area contributed by atoms with Crippen molar-refractivity contribution in [3.8, 4) is 5.75 Å². The average Bonchev–Trinajstić information content (AvgIpc) is 3.61. The zero-order chi connectivity index (χ0) is 31.5. The van der Waals surface area contributed by atoms with Crippen molar-refractivity contribution in [3.05, 3.63) is 140 Å².